The summed E-state index contributed by atoms with van der Waals surface area (Å²) in [5, 5.41) is 1.03. The molecule has 0 bridgehead atoms. The van der Waals surface area contributed by atoms with E-state index in [2.05, 4.69) is 164 Å². The van der Waals surface area contributed by atoms with Crippen LogP contribution in [0.1, 0.15) is 22.3 Å². The Hall–Kier alpha value is -6.32. The van der Waals surface area contributed by atoms with Crippen molar-refractivity contribution in [3.05, 3.63) is 192 Å². The zero-order valence-electron chi connectivity index (χ0n) is 26.0. The Kier molecular flexibility index (Phi) is 5.79. The van der Waals surface area contributed by atoms with Gasteiger partial charge in [0.15, 0.2) is 5.82 Å². The molecule has 0 fully saturated rings. The largest absolute Gasteiger partial charge is 0.457 e. The van der Waals surface area contributed by atoms with Crippen molar-refractivity contribution in [2.75, 3.05) is 0 Å². The van der Waals surface area contributed by atoms with E-state index in [4.69, 9.17) is 14.7 Å². The lowest BCUT2D eigenvalue weighted by Gasteiger charge is -2.39. The molecule has 0 saturated heterocycles. The average Bonchev–Trinajstić information content (AvgIpc) is 3.46. The van der Waals surface area contributed by atoms with Crippen LogP contribution in [0.3, 0.4) is 0 Å². The van der Waals surface area contributed by atoms with Gasteiger partial charge in [0, 0.05) is 27.6 Å². The minimum atomic E-state index is -0.541. The Balaban J connectivity index is 1.23. The Morgan fingerprint density at radius 3 is 1.73 bits per heavy atom. The molecule has 8 aromatic rings. The summed E-state index contributed by atoms with van der Waals surface area (Å²) < 4.78 is 6.53. The summed E-state index contributed by atoms with van der Waals surface area (Å²) >= 11 is 0. The molecule has 0 N–H and O–H groups in total. The SMILES string of the molecule is c1ccc(-c2ccc(-c3nc(-c4cccc5c4-c4ccccc4C54c5ccccc5Oc5ccccc54)nc4ccccc34)cc2)cc1. The van der Waals surface area contributed by atoms with E-state index in [-0.39, 0.29) is 0 Å². The van der Waals surface area contributed by atoms with Crippen LogP contribution in [0.25, 0.3) is 55.8 Å². The van der Waals surface area contributed by atoms with E-state index in [1.807, 2.05) is 6.07 Å². The van der Waals surface area contributed by atoms with Gasteiger partial charge in [-0.25, -0.2) is 9.97 Å². The molecule has 1 spiro atoms. The van der Waals surface area contributed by atoms with Crippen LogP contribution in [-0.4, -0.2) is 9.97 Å². The molecule has 1 aromatic heterocycles. The highest BCUT2D eigenvalue weighted by atomic mass is 16.5. The highest BCUT2D eigenvalue weighted by molar-refractivity contribution is 5.98. The minimum Gasteiger partial charge on any atom is -0.457 e. The maximum atomic E-state index is 6.53. The van der Waals surface area contributed by atoms with E-state index in [0.29, 0.717) is 5.82 Å². The van der Waals surface area contributed by atoms with Crippen LogP contribution in [0.4, 0.5) is 0 Å². The quantitative estimate of drug-likeness (QED) is 0.199. The van der Waals surface area contributed by atoms with Crippen LogP contribution in [0.5, 0.6) is 11.5 Å². The van der Waals surface area contributed by atoms with Crippen molar-refractivity contribution in [3.8, 4) is 56.4 Å². The first-order valence-corrected chi connectivity index (χ1v) is 16.3. The number of aromatic nitrogens is 2. The zero-order chi connectivity index (χ0) is 31.7. The number of fused-ring (bicyclic) bond motifs is 10. The van der Waals surface area contributed by atoms with Gasteiger partial charge in [-0.15, -0.1) is 0 Å². The van der Waals surface area contributed by atoms with Gasteiger partial charge >= 0.3 is 0 Å². The second-order valence-corrected chi connectivity index (χ2v) is 12.5. The molecule has 2 heterocycles. The topological polar surface area (TPSA) is 35.0 Å². The van der Waals surface area contributed by atoms with Gasteiger partial charge in [-0.2, -0.15) is 0 Å². The maximum absolute atomic E-state index is 6.53. The fourth-order valence-corrected chi connectivity index (χ4v) is 7.96. The molecule has 7 aromatic carbocycles. The van der Waals surface area contributed by atoms with Crippen molar-refractivity contribution in [3.63, 3.8) is 0 Å². The molecule has 2 aliphatic rings. The third-order valence-electron chi connectivity index (χ3n) is 9.98. The zero-order valence-corrected chi connectivity index (χ0v) is 26.0. The summed E-state index contributed by atoms with van der Waals surface area (Å²) in [6, 6.07) is 59.9. The molecule has 0 amide bonds. The number of hydrogen-bond donors (Lipinski definition) is 0. The van der Waals surface area contributed by atoms with Gasteiger partial charge in [-0.3, -0.25) is 0 Å². The molecule has 224 valence electrons. The lowest BCUT2D eigenvalue weighted by molar-refractivity contribution is 0.436. The number of para-hydroxylation sites is 3. The monoisotopic (exact) mass is 612 g/mol. The first kappa shape index (κ1) is 26.9. The first-order chi connectivity index (χ1) is 23.8. The maximum Gasteiger partial charge on any atom is 0.161 e. The molecule has 48 heavy (non-hydrogen) atoms. The summed E-state index contributed by atoms with van der Waals surface area (Å²) in [6.45, 7) is 0. The molecule has 0 radical (unpaired) electrons. The fraction of sp³-hybridized carbons (Fsp3) is 0.0222. The molecular weight excluding hydrogens is 585 g/mol. The van der Waals surface area contributed by atoms with Crippen LogP contribution in [0.15, 0.2) is 170 Å². The summed E-state index contributed by atoms with van der Waals surface area (Å²) in [5.74, 6) is 2.48. The highest BCUT2D eigenvalue weighted by Crippen LogP contribution is 2.63. The Bertz CT molecular complexity index is 2490. The Morgan fingerprint density at radius 2 is 0.958 bits per heavy atom. The summed E-state index contributed by atoms with van der Waals surface area (Å²) in [5.41, 5.74) is 12.9. The number of benzene rings is 7. The van der Waals surface area contributed by atoms with Crippen LogP contribution >= 0.6 is 0 Å². The number of hydrogen-bond acceptors (Lipinski definition) is 3. The average molecular weight is 613 g/mol. The van der Waals surface area contributed by atoms with E-state index in [0.717, 1.165) is 50.3 Å². The molecule has 1 aliphatic carbocycles. The Morgan fingerprint density at radius 1 is 0.396 bits per heavy atom. The van der Waals surface area contributed by atoms with Gasteiger partial charge in [-0.05, 0) is 51.6 Å². The highest BCUT2D eigenvalue weighted by Gasteiger charge is 2.51. The fourth-order valence-electron chi connectivity index (χ4n) is 7.96. The summed E-state index contributed by atoms with van der Waals surface area (Å²) in [4.78, 5) is 10.6. The van der Waals surface area contributed by atoms with Gasteiger partial charge < -0.3 is 4.74 Å². The van der Waals surface area contributed by atoms with Gasteiger partial charge in [0.05, 0.1) is 16.6 Å². The van der Waals surface area contributed by atoms with Crippen LogP contribution in [0.2, 0.25) is 0 Å². The molecule has 10 rings (SSSR count). The van der Waals surface area contributed by atoms with Gasteiger partial charge in [0.1, 0.15) is 11.5 Å². The number of nitrogens with zero attached hydrogens (tertiary/aromatic N) is 2. The Labute approximate surface area is 278 Å². The normalized spacial score (nSPS) is 13.3. The molecular formula is C45H28N2O. The minimum absolute atomic E-state index is 0.541. The van der Waals surface area contributed by atoms with E-state index >= 15 is 0 Å². The third-order valence-corrected chi connectivity index (χ3v) is 9.98. The van der Waals surface area contributed by atoms with Gasteiger partial charge in [0.25, 0.3) is 0 Å². The summed E-state index contributed by atoms with van der Waals surface area (Å²) in [6.07, 6.45) is 0. The second-order valence-electron chi connectivity index (χ2n) is 12.5. The number of ether oxygens (including phenoxy) is 1. The molecule has 0 unspecified atom stereocenters. The molecule has 0 saturated carbocycles. The van der Waals surface area contributed by atoms with Crippen LogP contribution < -0.4 is 4.74 Å². The van der Waals surface area contributed by atoms with Crippen LogP contribution in [0, 0.1) is 0 Å². The van der Waals surface area contributed by atoms with Crippen molar-refractivity contribution < 1.29 is 4.74 Å². The van der Waals surface area contributed by atoms with E-state index in [9.17, 15) is 0 Å². The van der Waals surface area contributed by atoms with E-state index in [1.165, 1.54) is 33.4 Å². The third kappa shape index (κ3) is 3.76. The van der Waals surface area contributed by atoms with Crippen LogP contribution in [-0.2, 0) is 5.41 Å². The van der Waals surface area contributed by atoms with Crippen molar-refractivity contribution in [2.24, 2.45) is 0 Å². The van der Waals surface area contributed by atoms with Crippen molar-refractivity contribution in [2.45, 2.75) is 5.41 Å². The van der Waals surface area contributed by atoms with Crippen molar-refractivity contribution in [1.82, 2.24) is 9.97 Å². The van der Waals surface area contributed by atoms with Crippen molar-refractivity contribution in [1.29, 1.82) is 0 Å². The second kappa shape index (κ2) is 10.3. The molecule has 0 atom stereocenters. The van der Waals surface area contributed by atoms with E-state index < -0.39 is 5.41 Å². The van der Waals surface area contributed by atoms with E-state index in [1.54, 1.807) is 0 Å². The number of rotatable bonds is 3. The first-order valence-electron chi connectivity index (χ1n) is 16.3. The lowest BCUT2D eigenvalue weighted by atomic mass is 9.66. The molecule has 1 aliphatic heterocycles. The smallest absolute Gasteiger partial charge is 0.161 e. The van der Waals surface area contributed by atoms with Gasteiger partial charge in [-0.1, -0.05) is 152 Å². The predicted octanol–water partition coefficient (Wildman–Crippen LogP) is 11.1. The van der Waals surface area contributed by atoms with Crippen molar-refractivity contribution >= 4 is 10.9 Å². The molecule has 3 heteroatoms. The molecule has 3 nitrogen and oxygen atoms in total. The standard InChI is InChI=1S/C45H28N2O/c1-2-13-29(14-3-1)30-25-27-31(28-26-30)43-33-16-5-9-22-39(33)46-44(47-43)34-17-12-21-38-42(34)32-15-4-6-18-35(32)45(38)36-19-7-10-23-40(36)48-41-24-11-8-20-37(41)45/h1-28H. The predicted molar refractivity (Wildman–Crippen MR) is 193 cm³/mol. The lowest BCUT2D eigenvalue weighted by Crippen LogP contribution is -2.32. The van der Waals surface area contributed by atoms with Gasteiger partial charge in [0.2, 0.25) is 0 Å². The summed E-state index contributed by atoms with van der Waals surface area (Å²) in [7, 11) is 0.